The van der Waals surface area contributed by atoms with Crippen LogP contribution in [0.5, 0.6) is 0 Å². The maximum absolute atomic E-state index is 12.5. The third kappa shape index (κ3) is 3.92. The van der Waals surface area contributed by atoms with Crippen LogP contribution in [0.3, 0.4) is 0 Å². The van der Waals surface area contributed by atoms with Crippen molar-refractivity contribution in [2.45, 2.75) is 37.6 Å². The molecule has 1 atom stereocenters. The van der Waals surface area contributed by atoms with E-state index >= 15 is 0 Å². The van der Waals surface area contributed by atoms with E-state index in [-0.39, 0.29) is 23.3 Å². The number of carbonyl (C=O) groups is 1. The Morgan fingerprint density at radius 1 is 1.24 bits per heavy atom. The van der Waals surface area contributed by atoms with Gasteiger partial charge in [-0.05, 0) is 44.0 Å². The average molecular weight is 361 g/mol. The van der Waals surface area contributed by atoms with Gasteiger partial charge in [-0.3, -0.25) is 9.48 Å². The number of hydrogen-bond acceptors (Lipinski definition) is 4. The normalized spacial score (nSPS) is 17.9. The Labute approximate surface area is 148 Å². The molecule has 7 heteroatoms. The summed E-state index contributed by atoms with van der Waals surface area (Å²) in [6.45, 7) is 5.40. The number of sulfone groups is 1. The van der Waals surface area contributed by atoms with Gasteiger partial charge in [0.2, 0.25) is 5.91 Å². The van der Waals surface area contributed by atoms with Crippen molar-refractivity contribution in [3.05, 3.63) is 47.3 Å². The molecule has 1 amide bonds. The number of aromatic nitrogens is 2. The lowest BCUT2D eigenvalue weighted by atomic mass is 10.1. The van der Waals surface area contributed by atoms with E-state index in [1.807, 2.05) is 29.5 Å². The second-order valence-corrected chi connectivity index (χ2v) is 8.76. The van der Waals surface area contributed by atoms with Gasteiger partial charge in [-0.15, -0.1) is 0 Å². The van der Waals surface area contributed by atoms with E-state index in [1.54, 1.807) is 24.3 Å². The van der Waals surface area contributed by atoms with Crippen LogP contribution in [0.15, 0.2) is 35.2 Å². The van der Waals surface area contributed by atoms with E-state index in [0.717, 1.165) is 29.9 Å². The van der Waals surface area contributed by atoms with Crippen LogP contribution in [0.25, 0.3) is 0 Å². The summed E-state index contributed by atoms with van der Waals surface area (Å²) in [4.78, 5) is 14.7. The van der Waals surface area contributed by atoms with Crippen molar-refractivity contribution in [2.75, 3.05) is 19.3 Å². The maximum Gasteiger partial charge on any atom is 0.227 e. The first-order valence-corrected chi connectivity index (χ1v) is 10.2. The van der Waals surface area contributed by atoms with Gasteiger partial charge < -0.3 is 4.90 Å². The van der Waals surface area contributed by atoms with Crippen molar-refractivity contribution in [3.63, 3.8) is 0 Å². The van der Waals surface area contributed by atoms with Gasteiger partial charge in [-0.1, -0.05) is 12.1 Å². The molecule has 1 saturated heterocycles. The third-order valence-corrected chi connectivity index (χ3v) is 5.74. The molecule has 134 valence electrons. The Hall–Kier alpha value is -2.15. The highest BCUT2D eigenvalue weighted by Gasteiger charge is 2.28. The van der Waals surface area contributed by atoms with Crippen LogP contribution in [-0.2, 0) is 21.1 Å². The Balaban J connectivity index is 1.63. The van der Waals surface area contributed by atoms with Crippen LogP contribution >= 0.6 is 0 Å². The number of amides is 1. The molecule has 2 aromatic rings. The molecule has 6 nitrogen and oxygen atoms in total. The molecule has 1 aliphatic rings. The highest BCUT2D eigenvalue weighted by molar-refractivity contribution is 7.90. The van der Waals surface area contributed by atoms with Gasteiger partial charge >= 0.3 is 0 Å². The van der Waals surface area contributed by atoms with Crippen LogP contribution in [0.1, 0.15) is 29.4 Å². The molecule has 1 aliphatic heterocycles. The maximum atomic E-state index is 12.5. The highest BCUT2D eigenvalue weighted by Crippen LogP contribution is 2.24. The van der Waals surface area contributed by atoms with Crippen molar-refractivity contribution >= 4 is 15.7 Å². The van der Waals surface area contributed by atoms with E-state index in [0.29, 0.717) is 6.54 Å². The summed E-state index contributed by atoms with van der Waals surface area (Å²) in [5.41, 5.74) is 2.94. The largest absolute Gasteiger partial charge is 0.340 e. The van der Waals surface area contributed by atoms with Crippen molar-refractivity contribution in [1.29, 1.82) is 0 Å². The summed E-state index contributed by atoms with van der Waals surface area (Å²) in [5, 5.41) is 4.52. The Bertz CT molecular complexity index is 885. The Morgan fingerprint density at radius 2 is 1.92 bits per heavy atom. The lowest BCUT2D eigenvalue weighted by Gasteiger charge is -2.17. The molecule has 1 aromatic carbocycles. The standard InChI is InChI=1S/C18H23N3O3S/c1-13-10-14(2)21(19-13)16-8-9-20(12-16)18(22)11-15-4-6-17(7-5-15)25(3,23)24/h4-7,10,16H,8-9,11-12H2,1-3H3/t16-/m0/s1. The van der Waals surface area contributed by atoms with Crippen molar-refractivity contribution in [3.8, 4) is 0 Å². The van der Waals surface area contributed by atoms with Gasteiger partial charge in [0.15, 0.2) is 9.84 Å². The molecule has 0 spiro atoms. The minimum atomic E-state index is -3.21. The van der Waals surface area contributed by atoms with Crippen LogP contribution in [0, 0.1) is 13.8 Å². The topological polar surface area (TPSA) is 72.3 Å². The average Bonchev–Trinajstić information content (AvgIpc) is 3.13. The zero-order valence-corrected chi connectivity index (χ0v) is 15.6. The molecule has 3 rings (SSSR count). The first-order valence-electron chi connectivity index (χ1n) is 8.33. The molecule has 0 unspecified atom stereocenters. The van der Waals surface area contributed by atoms with E-state index in [4.69, 9.17) is 0 Å². The first kappa shape index (κ1) is 17.7. The molecule has 0 bridgehead atoms. The predicted octanol–water partition coefficient (Wildman–Crippen LogP) is 1.92. The lowest BCUT2D eigenvalue weighted by Crippen LogP contribution is -2.30. The van der Waals surface area contributed by atoms with Crippen LogP contribution in [0.4, 0.5) is 0 Å². The molecule has 0 N–H and O–H groups in total. The van der Waals surface area contributed by atoms with Crippen molar-refractivity contribution in [2.24, 2.45) is 0 Å². The number of rotatable bonds is 4. The molecular formula is C18H23N3O3S. The first-order chi connectivity index (χ1) is 11.7. The zero-order chi connectivity index (χ0) is 18.2. The summed E-state index contributed by atoms with van der Waals surface area (Å²) < 4.78 is 25.0. The minimum absolute atomic E-state index is 0.0659. The third-order valence-electron chi connectivity index (χ3n) is 4.61. The van der Waals surface area contributed by atoms with E-state index in [1.165, 1.54) is 6.26 Å². The summed E-state index contributed by atoms with van der Waals surface area (Å²) >= 11 is 0. The van der Waals surface area contributed by atoms with E-state index in [9.17, 15) is 13.2 Å². The molecular weight excluding hydrogens is 338 g/mol. The fraction of sp³-hybridized carbons (Fsp3) is 0.444. The molecule has 0 radical (unpaired) electrons. The second-order valence-electron chi connectivity index (χ2n) is 6.75. The molecule has 1 fully saturated rings. The fourth-order valence-electron chi connectivity index (χ4n) is 3.32. The summed E-state index contributed by atoms with van der Waals surface area (Å²) in [7, 11) is -3.21. The number of benzene rings is 1. The van der Waals surface area contributed by atoms with Gasteiger partial charge in [0.1, 0.15) is 0 Å². The van der Waals surface area contributed by atoms with Crippen LogP contribution in [0.2, 0.25) is 0 Å². The quantitative estimate of drug-likeness (QED) is 0.834. The van der Waals surface area contributed by atoms with Crippen LogP contribution in [-0.4, -0.2) is 48.4 Å². The number of carbonyl (C=O) groups excluding carboxylic acids is 1. The van der Waals surface area contributed by atoms with Crippen molar-refractivity contribution < 1.29 is 13.2 Å². The predicted molar refractivity (Wildman–Crippen MR) is 95.2 cm³/mol. The summed E-state index contributed by atoms with van der Waals surface area (Å²) in [6.07, 6.45) is 2.37. The van der Waals surface area contributed by atoms with Gasteiger partial charge in [-0.2, -0.15) is 5.10 Å². The number of hydrogen-bond donors (Lipinski definition) is 0. The SMILES string of the molecule is Cc1cc(C)n([C@H]2CCN(C(=O)Cc3ccc(S(C)(=O)=O)cc3)C2)n1. The van der Waals surface area contributed by atoms with E-state index < -0.39 is 9.84 Å². The molecule has 2 heterocycles. The lowest BCUT2D eigenvalue weighted by molar-refractivity contribution is -0.129. The second kappa shape index (κ2) is 6.63. The fourth-order valence-corrected chi connectivity index (χ4v) is 3.96. The number of aryl methyl sites for hydroxylation is 2. The number of likely N-dealkylation sites (tertiary alicyclic amines) is 1. The Kier molecular flexibility index (Phi) is 4.69. The van der Waals surface area contributed by atoms with Gasteiger partial charge in [0, 0.05) is 25.0 Å². The molecule has 0 saturated carbocycles. The Morgan fingerprint density at radius 3 is 2.48 bits per heavy atom. The molecule has 0 aliphatic carbocycles. The zero-order valence-electron chi connectivity index (χ0n) is 14.8. The molecule has 1 aromatic heterocycles. The summed E-state index contributed by atoms with van der Waals surface area (Å²) in [5.74, 6) is 0.0659. The molecule has 25 heavy (non-hydrogen) atoms. The highest BCUT2D eigenvalue weighted by atomic mass is 32.2. The summed E-state index contributed by atoms with van der Waals surface area (Å²) in [6, 6.07) is 8.81. The van der Waals surface area contributed by atoms with Gasteiger partial charge in [0.25, 0.3) is 0 Å². The smallest absolute Gasteiger partial charge is 0.227 e. The van der Waals surface area contributed by atoms with E-state index in [2.05, 4.69) is 5.10 Å². The minimum Gasteiger partial charge on any atom is -0.340 e. The van der Waals surface area contributed by atoms with Gasteiger partial charge in [-0.25, -0.2) is 8.42 Å². The van der Waals surface area contributed by atoms with Gasteiger partial charge in [0.05, 0.1) is 23.1 Å². The van der Waals surface area contributed by atoms with Crippen LogP contribution < -0.4 is 0 Å². The number of nitrogens with zero attached hydrogens (tertiary/aromatic N) is 3. The monoisotopic (exact) mass is 361 g/mol. The van der Waals surface area contributed by atoms with Crippen molar-refractivity contribution in [1.82, 2.24) is 14.7 Å².